The number of rotatable bonds is 5. The van der Waals surface area contributed by atoms with Crippen LogP contribution in [0.2, 0.25) is 0 Å². The van der Waals surface area contributed by atoms with Crippen molar-refractivity contribution in [2.45, 2.75) is 38.6 Å². The summed E-state index contributed by atoms with van der Waals surface area (Å²) >= 11 is 0. The molecule has 1 aromatic heterocycles. The fourth-order valence-corrected chi connectivity index (χ4v) is 3.03. The predicted octanol–water partition coefficient (Wildman–Crippen LogP) is 3.26. The van der Waals surface area contributed by atoms with Gasteiger partial charge in [-0.2, -0.15) is 5.10 Å². The van der Waals surface area contributed by atoms with Gasteiger partial charge in [0.05, 0.1) is 19.0 Å². The third-order valence-electron chi connectivity index (χ3n) is 4.14. The fourth-order valence-electron chi connectivity index (χ4n) is 3.03. The molecule has 0 saturated carbocycles. The van der Waals surface area contributed by atoms with Gasteiger partial charge in [0.15, 0.2) is 0 Å². The van der Waals surface area contributed by atoms with Crippen LogP contribution < -0.4 is 10.1 Å². The minimum Gasteiger partial charge on any atom is -0.497 e. The molecule has 1 aromatic carbocycles. The van der Waals surface area contributed by atoms with E-state index in [1.54, 1.807) is 7.11 Å². The summed E-state index contributed by atoms with van der Waals surface area (Å²) in [5.74, 6) is 0.877. The maximum atomic E-state index is 5.22. The highest BCUT2D eigenvalue weighted by Crippen LogP contribution is 2.31. The lowest BCUT2D eigenvalue weighted by molar-refractivity contribution is 0.414. The van der Waals surface area contributed by atoms with Gasteiger partial charge in [-0.15, -0.1) is 0 Å². The molecule has 1 heterocycles. The van der Waals surface area contributed by atoms with Gasteiger partial charge in [-0.1, -0.05) is 6.92 Å². The van der Waals surface area contributed by atoms with Crippen molar-refractivity contribution in [2.24, 2.45) is 0 Å². The van der Waals surface area contributed by atoms with Gasteiger partial charge in [0.1, 0.15) is 5.75 Å². The zero-order chi connectivity index (χ0) is 14.7. The highest BCUT2D eigenvalue weighted by molar-refractivity contribution is 5.40. The van der Waals surface area contributed by atoms with E-state index in [4.69, 9.17) is 4.74 Å². The molecule has 0 aliphatic heterocycles. The van der Waals surface area contributed by atoms with Crippen LogP contribution in [0.4, 0.5) is 0 Å². The Bertz CT molecular complexity index is 589. The predicted molar refractivity (Wildman–Crippen MR) is 84.1 cm³/mol. The van der Waals surface area contributed by atoms with E-state index >= 15 is 0 Å². The fraction of sp³-hybridized carbons (Fsp3) is 0.471. The standard InChI is InChI=1S/C17H23N3O/c1-3-11-18-16-5-4-6-17-15(16)12-19-20(17)13-7-9-14(21-2)10-8-13/h7-10,12,16,18H,3-6,11H2,1-2H3. The second kappa shape index (κ2) is 6.31. The Morgan fingerprint density at radius 3 is 2.86 bits per heavy atom. The zero-order valence-corrected chi connectivity index (χ0v) is 12.8. The average molecular weight is 285 g/mol. The molecule has 0 amide bonds. The van der Waals surface area contributed by atoms with Crippen molar-refractivity contribution < 1.29 is 4.74 Å². The van der Waals surface area contributed by atoms with Crippen molar-refractivity contribution in [1.29, 1.82) is 0 Å². The molecular formula is C17H23N3O. The number of fused-ring (bicyclic) bond motifs is 1. The first kappa shape index (κ1) is 14.1. The Morgan fingerprint density at radius 2 is 2.14 bits per heavy atom. The summed E-state index contributed by atoms with van der Waals surface area (Å²) in [6.07, 6.45) is 6.73. The molecule has 3 rings (SSSR count). The maximum absolute atomic E-state index is 5.22. The van der Waals surface area contributed by atoms with Gasteiger partial charge in [-0.05, 0) is 56.5 Å². The molecule has 0 saturated heterocycles. The minimum atomic E-state index is 0.459. The van der Waals surface area contributed by atoms with Gasteiger partial charge in [-0.25, -0.2) is 4.68 Å². The van der Waals surface area contributed by atoms with E-state index in [0.717, 1.165) is 24.4 Å². The maximum Gasteiger partial charge on any atom is 0.119 e. The van der Waals surface area contributed by atoms with Crippen molar-refractivity contribution in [3.63, 3.8) is 0 Å². The molecule has 0 bridgehead atoms. The summed E-state index contributed by atoms with van der Waals surface area (Å²) in [4.78, 5) is 0. The normalized spacial score (nSPS) is 17.5. The van der Waals surface area contributed by atoms with Gasteiger partial charge in [0, 0.05) is 17.3 Å². The molecule has 1 atom stereocenters. The van der Waals surface area contributed by atoms with Crippen molar-refractivity contribution in [3.05, 3.63) is 41.7 Å². The molecule has 1 aliphatic carbocycles. The Hall–Kier alpha value is -1.81. The van der Waals surface area contributed by atoms with Gasteiger partial charge >= 0.3 is 0 Å². The molecule has 1 aliphatic rings. The molecule has 1 unspecified atom stereocenters. The number of nitrogens with one attached hydrogen (secondary N) is 1. The summed E-state index contributed by atoms with van der Waals surface area (Å²) in [6.45, 7) is 3.27. The van der Waals surface area contributed by atoms with E-state index in [2.05, 4.69) is 34.2 Å². The van der Waals surface area contributed by atoms with Crippen molar-refractivity contribution >= 4 is 0 Å². The first-order chi connectivity index (χ1) is 10.3. The quantitative estimate of drug-likeness (QED) is 0.916. The Labute approximate surface area is 126 Å². The molecule has 4 heteroatoms. The van der Waals surface area contributed by atoms with Gasteiger partial charge in [0.25, 0.3) is 0 Å². The smallest absolute Gasteiger partial charge is 0.119 e. The highest BCUT2D eigenvalue weighted by Gasteiger charge is 2.24. The van der Waals surface area contributed by atoms with Crippen molar-refractivity contribution in [2.75, 3.05) is 13.7 Å². The van der Waals surface area contributed by atoms with Crippen LogP contribution in [0.3, 0.4) is 0 Å². The molecule has 112 valence electrons. The van der Waals surface area contributed by atoms with Crippen LogP contribution in [0.25, 0.3) is 5.69 Å². The van der Waals surface area contributed by atoms with E-state index < -0.39 is 0 Å². The number of methoxy groups -OCH3 is 1. The first-order valence-corrected chi connectivity index (χ1v) is 7.78. The van der Waals surface area contributed by atoms with Crippen molar-refractivity contribution in [3.8, 4) is 11.4 Å². The van der Waals surface area contributed by atoms with Crippen LogP contribution in [0.5, 0.6) is 5.75 Å². The summed E-state index contributed by atoms with van der Waals surface area (Å²) in [7, 11) is 1.69. The molecule has 2 aromatic rings. The first-order valence-electron chi connectivity index (χ1n) is 7.78. The number of aromatic nitrogens is 2. The van der Waals surface area contributed by atoms with Gasteiger partial charge in [-0.3, -0.25) is 0 Å². The zero-order valence-electron chi connectivity index (χ0n) is 12.8. The number of hydrogen-bond acceptors (Lipinski definition) is 3. The summed E-state index contributed by atoms with van der Waals surface area (Å²) in [5, 5.41) is 8.25. The second-order valence-electron chi connectivity index (χ2n) is 5.56. The summed E-state index contributed by atoms with van der Waals surface area (Å²) in [6, 6.07) is 8.56. The summed E-state index contributed by atoms with van der Waals surface area (Å²) in [5.41, 5.74) is 3.82. The van der Waals surface area contributed by atoms with E-state index in [-0.39, 0.29) is 0 Å². The van der Waals surface area contributed by atoms with Crippen LogP contribution in [0.15, 0.2) is 30.5 Å². The topological polar surface area (TPSA) is 39.1 Å². The third kappa shape index (κ3) is 2.81. The van der Waals surface area contributed by atoms with Crippen molar-refractivity contribution in [1.82, 2.24) is 15.1 Å². The summed E-state index contributed by atoms with van der Waals surface area (Å²) < 4.78 is 7.30. The second-order valence-corrected chi connectivity index (χ2v) is 5.56. The average Bonchev–Trinajstić information content (AvgIpc) is 2.97. The number of benzene rings is 1. The monoisotopic (exact) mass is 285 g/mol. The van der Waals surface area contributed by atoms with E-state index in [9.17, 15) is 0 Å². The molecule has 4 nitrogen and oxygen atoms in total. The molecule has 1 N–H and O–H groups in total. The van der Waals surface area contributed by atoms with E-state index in [1.807, 2.05) is 18.3 Å². The van der Waals surface area contributed by atoms with Gasteiger partial charge in [0.2, 0.25) is 0 Å². The van der Waals surface area contributed by atoms with Crippen LogP contribution in [-0.4, -0.2) is 23.4 Å². The van der Waals surface area contributed by atoms with E-state index in [1.165, 1.54) is 30.5 Å². The van der Waals surface area contributed by atoms with Crippen LogP contribution in [-0.2, 0) is 6.42 Å². The van der Waals surface area contributed by atoms with Gasteiger partial charge < -0.3 is 10.1 Å². The highest BCUT2D eigenvalue weighted by atomic mass is 16.5. The lowest BCUT2D eigenvalue weighted by atomic mass is 9.93. The molecular weight excluding hydrogens is 262 g/mol. The Morgan fingerprint density at radius 1 is 1.33 bits per heavy atom. The number of nitrogens with zero attached hydrogens (tertiary/aromatic N) is 2. The molecule has 0 radical (unpaired) electrons. The molecule has 0 fully saturated rings. The Balaban J connectivity index is 1.89. The third-order valence-corrected chi connectivity index (χ3v) is 4.14. The van der Waals surface area contributed by atoms with E-state index in [0.29, 0.717) is 6.04 Å². The van der Waals surface area contributed by atoms with Crippen LogP contribution in [0, 0.1) is 0 Å². The number of hydrogen-bond donors (Lipinski definition) is 1. The minimum absolute atomic E-state index is 0.459. The SMILES string of the molecule is CCCNC1CCCc2c1cnn2-c1ccc(OC)cc1. The molecule has 0 spiro atoms. The molecule has 21 heavy (non-hydrogen) atoms. The number of ether oxygens (including phenoxy) is 1. The lowest BCUT2D eigenvalue weighted by Gasteiger charge is -2.24. The van der Waals surface area contributed by atoms with Crippen LogP contribution in [0.1, 0.15) is 43.5 Å². The Kier molecular flexibility index (Phi) is 4.25. The lowest BCUT2D eigenvalue weighted by Crippen LogP contribution is -2.25. The largest absolute Gasteiger partial charge is 0.497 e. The van der Waals surface area contributed by atoms with Crippen LogP contribution >= 0.6 is 0 Å².